The van der Waals surface area contributed by atoms with Gasteiger partial charge in [-0.2, -0.15) is 0 Å². The van der Waals surface area contributed by atoms with Crippen LogP contribution < -0.4 is 14.7 Å². The fourth-order valence-electron chi connectivity index (χ4n) is 2.70. The summed E-state index contributed by atoms with van der Waals surface area (Å²) in [6, 6.07) is 22.7. The molecule has 28 heavy (non-hydrogen) atoms. The third kappa shape index (κ3) is 4.98. The van der Waals surface area contributed by atoms with Gasteiger partial charge in [0.15, 0.2) is 6.61 Å². The van der Waals surface area contributed by atoms with Gasteiger partial charge in [0.25, 0.3) is 5.91 Å². The van der Waals surface area contributed by atoms with Crippen LogP contribution in [0.25, 0.3) is 0 Å². The van der Waals surface area contributed by atoms with Crippen molar-refractivity contribution in [2.24, 2.45) is 0 Å². The summed E-state index contributed by atoms with van der Waals surface area (Å²) in [5.41, 5.74) is 1.07. The molecule has 0 aliphatic carbocycles. The van der Waals surface area contributed by atoms with Crippen molar-refractivity contribution in [1.82, 2.24) is 0 Å². The van der Waals surface area contributed by atoms with Gasteiger partial charge in [0.1, 0.15) is 5.75 Å². The van der Waals surface area contributed by atoms with Gasteiger partial charge in [0.05, 0.1) is 18.2 Å². The molecular formula is C22H17BrNO4-. The molecule has 0 radical (unpaired) electrons. The van der Waals surface area contributed by atoms with E-state index in [0.29, 0.717) is 5.75 Å². The zero-order chi connectivity index (χ0) is 19.9. The van der Waals surface area contributed by atoms with E-state index in [0.717, 1.165) is 10.0 Å². The van der Waals surface area contributed by atoms with E-state index in [1.54, 1.807) is 30.3 Å². The van der Waals surface area contributed by atoms with Crippen LogP contribution in [0.1, 0.15) is 15.9 Å². The third-order valence-electron chi connectivity index (χ3n) is 4.08. The van der Waals surface area contributed by atoms with Crippen LogP contribution in [0.2, 0.25) is 0 Å². The number of carboxylic acid groups (broad SMARTS) is 1. The summed E-state index contributed by atoms with van der Waals surface area (Å²) in [6.45, 7) is -0.0174. The molecule has 0 atom stereocenters. The average Bonchev–Trinajstić information content (AvgIpc) is 2.72. The highest BCUT2D eigenvalue weighted by Gasteiger charge is 2.20. The van der Waals surface area contributed by atoms with Crippen molar-refractivity contribution in [3.8, 4) is 5.75 Å². The second-order valence-corrected chi connectivity index (χ2v) is 6.93. The molecule has 6 heteroatoms. The molecule has 0 spiro atoms. The molecule has 3 aromatic rings. The van der Waals surface area contributed by atoms with Crippen LogP contribution in [-0.2, 0) is 11.3 Å². The smallest absolute Gasteiger partial charge is 0.265 e. The average molecular weight is 439 g/mol. The van der Waals surface area contributed by atoms with Crippen LogP contribution in [-0.4, -0.2) is 18.5 Å². The Morgan fingerprint density at radius 2 is 1.54 bits per heavy atom. The topological polar surface area (TPSA) is 69.7 Å². The number of rotatable bonds is 7. The van der Waals surface area contributed by atoms with Gasteiger partial charge >= 0.3 is 0 Å². The van der Waals surface area contributed by atoms with Gasteiger partial charge < -0.3 is 19.5 Å². The summed E-state index contributed by atoms with van der Waals surface area (Å²) in [6.07, 6.45) is 0. The van der Waals surface area contributed by atoms with Gasteiger partial charge in [-0.15, -0.1) is 0 Å². The molecule has 0 saturated heterocycles. The first-order valence-electron chi connectivity index (χ1n) is 8.57. The maximum Gasteiger partial charge on any atom is 0.265 e. The Hall–Kier alpha value is -3.12. The predicted octanol–water partition coefficient (Wildman–Crippen LogP) is 3.42. The molecule has 0 N–H and O–H groups in total. The highest BCUT2D eigenvalue weighted by Crippen LogP contribution is 2.23. The number of anilines is 1. The van der Waals surface area contributed by atoms with Gasteiger partial charge in [0, 0.05) is 10.0 Å². The van der Waals surface area contributed by atoms with E-state index in [1.165, 1.54) is 11.0 Å². The number of amides is 1. The fraction of sp³-hybridized carbons (Fsp3) is 0.0909. The molecular weight excluding hydrogens is 422 g/mol. The molecule has 0 saturated carbocycles. The summed E-state index contributed by atoms with van der Waals surface area (Å²) in [5, 5.41) is 11.5. The SMILES string of the molecule is O=C([O-])c1ccccc1N(Cc1ccc(Br)cc1)C(=O)COc1ccccc1. The quantitative estimate of drug-likeness (QED) is 0.566. The molecule has 0 bridgehead atoms. The van der Waals surface area contributed by atoms with E-state index < -0.39 is 5.97 Å². The van der Waals surface area contributed by atoms with Crippen molar-refractivity contribution in [2.75, 3.05) is 11.5 Å². The molecule has 3 aromatic carbocycles. The minimum Gasteiger partial charge on any atom is -0.545 e. The predicted molar refractivity (Wildman–Crippen MR) is 108 cm³/mol. The normalized spacial score (nSPS) is 10.3. The Bertz CT molecular complexity index is 958. The molecule has 142 valence electrons. The highest BCUT2D eigenvalue weighted by atomic mass is 79.9. The van der Waals surface area contributed by atoms with Crippen LogP contribution in [0.3, 0.4) is 0 Å². The van der Waals surface area contributed by atoms with Crippen LogP contribution >= 0.6 is 15.9 Å². The Morgan fingerprint density at radius 3 is 2.21 bits per heavy atom. The number of ether oxygens (including phenoxy) is 1. The number of hydrogen-bond acceptors (Lipinski definition) is 4. The second-order valence-electron chi connectivity index (χ2n) is 6.01. The lowest BCUT2D eigenvalue weighted by Gasteiger charge is -2.26. The van der Waals surface area contributed by atoms with Crippen molar-refractivity contribution >= 4 is 33.5 Å². The lowest BCUT2D eigenvalue weighted by Crippen LogP contribution is -2.36. The van der Waals surface area contributed by atoms with E-state index in [1.807, 2.05) is 42.5 Å². The maximum absolute atomic E-state index is 12.9. The van der Waals surface area contributed by atoms with Crippen molar-refractivity contribution in [2.45, 2.75) is 6.54 Å². The first-order valence-corrected chi connectivity index (χ1v) is 9.37. The number of carbonyl (C=O) groups excluding carboxylic acids is 2. The Kier molecular flexibility index (Phi) is 6.45. The van der Waals surface area contributed by atoms with Gasteiger partial charge in [-0.25, -0.2) is 0 Å². The van der Waals surface area contributed by atoms with Gasteiger partial charge in [-0.05, 0) is 35.9 Å². The zero-order valence-corrected chi connectivity index (χ0v) is 16.5. The Morgan fingerprint density at radius 1 is 0.893 bits per heavy atom. The Labute approximate surface area is 171 Å². The molecule has 0 aliphatic heterocycles. The molecule has 1 amide bonds. The van der Waals surface area contributed by atoms with Crippen LogP contribution in [0, 0.1) is 0 Å². The minimum atomic E-state index is -1.34. The number of hydrogen-bond donors (Lipinski definition) is 0. The van der Waals surface area contributed by atoms with Gasteiger partial charge in [-0.1, -0.05) is 64.5 Å². The van der Waals surface area contributed by atoms with Crippen molar-refractivity contribution < 1.29 is 19.4 Å². The zero-order valence-electron chi connectivity index (χ0n) is 14.9. The summed E-state index contributed by atoms with van der Waals surface area (Å²) < 4.78 is 6.48. The van der Waals surface area contributed by atoms with Crippen LogP contribution in [0.5, 0.6) is 5.75 Å². The maximum atomic E-state index is 12.9. The van der Waals surface area contributed by atoms with Crippen LogP contribution in [0.15, 0.2) is 83.3 Å². The fourth-order valence-corrected chi connectivity index (χ4v) is 2.97. The largest absolute Gasteiger partial charge is 0.545 e. The molecule has 0 unspecified atom stereocenters. The summed E-state index contributed by atoms with van der Waals surface area (Å²) in [7, 11) is 0. The van der Waals surface area contributed by atoms with Gasteiger partial charge in [-0.3, -0.25) is 4.79 Å². The third-order valence-corrected chi connectivity index (χ3v) is 4.60. The summed E-state index contributed by atoms with van der Waals surface area (Å²) >= 11 is 3.38. The second kappa shape index (κ2) is 9.19. The van der Waals surface area contributed by atoms with Crippen molar-refractivity contribution in [3.63, 3.8) is 0 Å². The number of carbonyl (C=O) groups is 2. The molecule has 0 aromatic heterocycles. The number of carboxylic acids is 1. The molecule has 0 aliphatic rings. The molecule has 3 rings (SSSR count). The monoisotopic (exact) mass is 438 g/mol. The number of halogens is 1. The summed E-state index contributed by atoms with van der Waals surface area (Å²) in [5.74, 6) is -1.14. The van der Waals surface area contributed by atoms with E-state index in [2.05, 4.69) is 15.9 Å². The number of para-hydroxylation sites is 2. The first kappa shape index (κ1) is 19.6. The van der Waals surface area contributed by atoms with E-state index in [4.69, 9.17) is 4.74 Å². The first-order chi connectivity index (χ1) is 13.5. The molecule has 5 nitrogen and oxygen atoms in total. The van der Waals surface area contributed by atoms with Crippen molar-refractivity contribution in [1.29, 1.82) is 0 Å². The standard InChI is InChI=1S/C22H18BrNO4/c23-17-12-10-16(11-13-17)14-24(20-9-5-4-8-19(20)22(26)27)21(25)15-28-18-6-2-1-3-7-18/h1-13H,14-15H2,(H,26,27)/p-1. The lowest BCUT2D eigenvalue weighted by molar-refractivity contribution is -0.254. The van der Waals surface area contributed by atoms with E-state index in [9.17, 15) is 14.7 Å². The molecule has 0 fully saturated rings. The van der Waals surface area contributed by atoms with Crippen LogP contribution in [0.4, 0.5) is 5.69 Å². The number of aromatic carboxylic acids is 1. The minimum absolute atomic E-state index is 0.0485. The lowest BCUT2D eigenvalue weighted by atomic mass is 10.1. The number of nitrogens with zero attached hydrogens (tertiary/aromatic N) is 1. The van der Waals surface area contributed by atoms with Gasteiger partial charge in [0.2, 0.25) is 0 Å². The van der Waals surface area contributed by atoms with Crippen molar-refractivity contribution in [3.05, 3.63) is 94.5 Å². The summed E-state index contributed by atoms with van der Waals surface area (Å²) in [4.78, 5) is 25.9. The number of benzene rings is 3. The Balaban J connectivity index is 1.88. The van der Waals surface area contributed by atoms with E-state index in [-0.39, 0.29) is 30.3 Å². The highest BCUT2D eigenvalue weighted by molar-refractivity contribution is 9.10. The molecule has 0 heterocycles. The van der Waals surface area contributed by atoms with E-state index >= 15 is 0 Å².